The van der Waals surface area contributed by atoms with E-state index >= 15 is 0 Å². The Kier molecular flexibility index (Phi) is 4.68. The molecule has 0 aromatic carbocycles. The number of thioether (sulfide) groups is 1. The number of rotatable bonds is 3. The van der Waals surface area contributed by atoms with Crippen LogP contribution in [0, 0.1) is 5.92 Å². The van der Waals surface area contributed by atoms with Crippen molar-refractivity contribution in [2.24, 2.45) is 5.92 Å². The van der Waals surface area contributed by atoms with Gasteiger partial charge in [0.1, 0.15) is 0 Å². The highest BCUT2D eigenvalue weighted by molar-refractivity contribution is 8.16. The molecule has 2 atom stereocenters. The maximum absolute atomic E-state index is 11.8. The number of carbonyl (C=O) groups excluding carboxylic acids is 1. The van der Waals surface area contributed by atoms with Gasteiger partial charge in [-0.05, 0) is 38.5 Å². The Hall–Kier alpha value is 0.290. The molecule has 0 aromatic heterocycles. The summed E-state index contributed by atoms with van der Waals surface area (Å²) in [5.41, 5.74) is 0. The number of carbonyl (C=O) groups is 1. The van der Waals surface area contributed by atoms with E-state index in [4.69, 9.17) is 0 Å². The van der Waals surface area contributed by atoms with Crippen molar-refractivity contribution in [2.45, 2.75) is 44.5 Å². The first kappa shape index (κ1) is 14.7. The number of likely N-dealkylation sites (tertiary alicyclic amines) is 1. The van der Waals surface area contributed by atoms with E-state index in [0.29, 0.717) is 23.6 Å². The highest BCUT2D eigenvalue weighted by Gasteiger charge is 2.49. The Morgan fingerprint density at radius 3 is 2.72 bits per heavy atom. The largest absolute Gasteiger partial charge is 0.298 e. The van der Waals surface area contributed by atoms with Crippen molar-refractivity contribution in [2.75, 3.05) is 25.9 Å². The predicted octanol–water partition coefficient (Wildman–Crippen LogP) is 2.68. The number of nitrogens with zero attached hydrogens (tertiary/aromatic N) is 2. The normalized spacial score (nSPS) is 32.6. The van der Waals surface area contributed by atoms with Gasteiger partial charge in [-0.25, -0.2) is 4.31 Å². The Bertz CT molecular complexity index is 324. The van der Waals surface area contributed by atoms with E-state index in [9.17, 15) is 4.79 Å². The molecule has 0 radical (unpaired) electrons. The maximum Gasteiger partial charge on any atom is 0.205 e. The van der Waals surface area contributed by atoms with Crippen molar-refractivity contribution in [3.8, 4) is 0 Å². The molecule has 0 bridgehead atoms. The topological polar surface area (TPSA) is 23.6 Å². The molecule has 3 nitrogen and oxygen atoms in total. The van der Waals surface area contributed by atoms with Crippen molar-refractivity contribution < 1.29 is 4.79 Å². The number of hydrogen-bond acceptors (Lipinski definition) is 5. The monoisotopic (exact) mass is 288 g/mol. The van der Waals surface area contributed by atoms with Crippen LogP contribution in [0.4, 0.5) is 0 Å². The van der Waals surface area contributed by atoms with Crippen molar-refractivity contribution in [3.63, 3.8) is 0 Å². The third-order valence-corrected chi connectivity index (χ3v) is 6.58. The minimum Gasteiger partial charge on any atom is -0.298 e. The highest BCUT2D eigenvalue weighted by Crippen LogP contribution is 2.46. The smallest absolute Gasteiger partial charge is 0.205 e. The van der Waals surface area contributed by atoms with E-state index in [1.807, 2.05) is 0 Å². The fourth-order valence-corrected chi connectivity index (χ4v) is 5.28. The van der Waals surface area contributed by atoms with E-state index in [-0.39, 0.29) is 4.87 Å². The van der Waals surface area contributed by atoms with Gasteiger partial charge in [0.2, 0.25) is 5.12 Å². The van der Waals surface area contributed by atoms with E-state index < -0.39 is 0 Å². The summed E-state index contributed by atoms with van der Waals surface area (Å²) in [6, 6.07) is 0.599. The fraction of sp³-hybridized carbons (Fsp3) is 0.923. The summed E-state index contributed by atoms with van der Waals surface area (Å²) >= 11 is 3.31. The SMILES string of the molecule is CSN1CC(=O)SC12CCCN(C(C)C(C)C)C2. The van der Waals surface area contributed by atoms with Crippen LogP contribution in [-0.2, 0) is 4.79 Å². The summed E-state index contributed by atoms with van der Waals surface area (Å²) in [5.74, 6) is 0.671. The quantitative estimate of drug-likeness (QED) is 0.743. The van der Waals surface area contributed by atoms with Crippen molar-refractivity contribution >= 4 is 28.8 Å². The van der Waals surface area contributed by atoms with Crippen LogP contribution in [0.3, 0.4) is 0 Å². The molecular weight excluding hydrogens is 264 g/mol. The molecule has 1 spiro atoms. The number of hydrogen-bond donors (Lipinski definition) is 0. The summed E-state index contributed by atoms with van der Waals surface area (Å²) in [6.45, 7) is 9.70. The lowest BCUT2D eigenvalue weighted by molar-refractivity contribution is -0.110. The molecular formula is C13H24N2OS2. The molecule has 2 aliphatic rings. The van der Waals surface area contributed by atoms with Crippen molar-refractivity contribution in [1.82, 2.24) is 9.21 Å². The second-order valence-corrected chi connectivity index (χ2v) is 7.92. The molecule has 2 aliphatic heterocycles. The van der Waals surface area contributed by atoms with Crippen LogP contribution < -0.4 is 0 Å². The minimum atomic E-state index is 0.0396. The molecule has 2 heterocycles. The zero-order chi connectivity index (χ0) is 13.3. The summed E-state index contributed by atoms with van der Waals surface area (Å²) in [7, 11) is 0. The van der Waals surface area contributed by atoms with Gasteiger partial charge in [0.05, 0.1) is 11.4 Å². The predicted molar refractivity (Wildman–Crippen MR) is 80.7 cm³/mol. The van der Waals surface area contributed by atoms with Gasteiger partial charge in [0, 0.05) is 12.6 Å². The van der Waals surface area contributed by atoms with Crippen LogP contribution in [0.2, 0.25) is 0 Å². The Morgan fingerprint density at radius 2 is 2.11 bits per heavy atom. The van der Waals surface area contributed by atoms with Crippen molar-refractivity contribution in [1.29, 1.82) is 0 Å². The summed E-state index contributed by atoms with van der Waals surface area (Å²) < 4.78 is 2.30. The first-order valence-corrected chi connectivity index (χ1v) is 8.76. The van der Waals surface area contributed by atoms with E-state index in [1.54, 1.807) is 23.7 Å². The Morgan fingerprint density at radius 1 is 1.39 bits per heavy atom. The van der Waals surface area contributed by atoms with E-state index in [0.717, 1.165) is 13.0 Å². The first-order chi connectivity index (χ1) is 8.48. The first-order valence-electron chi connectivity index (χ1n) is 6.76. The van der Waals surface area contributed by atoms with E-state index in [2.05, 4.69) is 36.2 Å². The molecule has 2 unspecified atom stereocenters. The van der Waals surface area contributed by atoms with Gasteiger partial charge < -0.3 is 0 Å². The molecule has 0 amide bonds. The molecule has 0 saturated carbocycles. The molecule has 0 aliphatic carbocycles. The standard InChI is InChI=1S/C13H24N2OS2/c1-10(2)11(3)14-7-5-6-13(9-14)15(17-4)8-12(16)18-13/h10-11H,5-9H2,1-4H3. The second kappa shape index (κ2) is 5.73. The van der Waals surface area contributed by atoms with Gasteiger partial charge >= 0.3 is 0 Å². The average Bonchev–Trinajstić information content (AvgIpc) is 2.63. The van der Waals surface area contributed by atoms with E-state index in [1.165, 1.54) is 13.0 Å². The van der Waals surface area contributed by atoms with Gasteiger partial charge in [-0.15, -0.1) is 0 Å². The summed E-state index contributed by atoms with van der Waals surface area (Å²) in [6.07, 6.45) is 4.44. The fourth-order valence-electron chi connectivity index (χ4n) is 2.88. The van der Waals surface area contributed by atoms with Gasteiger partial charge in [-0.2, -0.15) is 0 Å². The molecule has 2 saturated heterocycles. The maximum atomic E-state index is 11.8. The third kappa shape index (κ3) is 2.74. The second-order valence-electron chi connectivity index (χ2n) is 5.70. The van der Waals surface area contributed by atoms with Crippen LogP contribution in [0.5, 0.6) is 0 Å². The van der Waals surface area contributed by atoms with Crippen LogP contribution in [-0.4, -0.2) is 51.1 Å². The molecule has 0 N–H and O–H groups in total. The third-order valence-electron chi connectivity index (χ3n) is 4.26. The Balaban J connectivity index is 2.12. The summed E-state index contributed by atoms with van der Waals surface area (Å²) in [5, 5.41) is 0.336. The van der Waals surface area contributed by atoms with Gasteiger partial charge in [0.25, 0.3) is 0 Å². The molecule has 18 heavy (non-hydrogen) atoms. The molecule has 2 fully saturated rings. The lowest BCUT2D eigenvalue weighted by Gasteiger charge is -2.46. The summed E-state index contributed by atoms with van der Waals surface area (Å²) in [4.78, 5) is 14.4. The zero-order valence-corrected chi connectivity index (χ0v) is 13.4. The number of piperidine rings is 1. The van der Waals surface area contributed by atoms with Crippen LogP contribution in [0.1, 0.15) is 33.6 Å². The molecule has 2 rings (SSSR count). The van der Waals surface area contributed by atoms with Crippen LogP contribution in [0.15, 0.2) is 0 Å². The van der Waals surface area contributed by atoms with Gasteiger partial charge in [-0.3, -0.25) is 9.69 Å². The lowest BCUT2D eigenvalue weighted by Crippen LogP contribution is -2.54. The van der Waals surface area contributed by atoms with Crippen LogP contribution in [0.25, 0.3) is 0 Å². The molecule has 0 aromatic rings. The Labute approximate surface area is 119 Å². The molecule has 5 heteroatoms. The average molecular weight is 288 g/mol. The minimum absolute atomic E-state index is 0.0396. The lowest BCUT2D eigenvalue weighted by atomic mass is 9.98. The highest BCUT2D eigenvalue weighted by atomic mass is 32.2. The van der Waals surface area contributed by atoms with Crippen LogP contribution >= 0.6 is 23.7 Å². The van der Waals surface area contributed by atoms with Crippen molar-refractivity contribution in [3.05, 3.63) is 0 Å². The van der Waals surface area contributed by atoms with Gasteiger partial charge in [0.15, 0.2) is 0 Å². The molecule has 104 valence electrons. The van der Waals surface area contributed by atoms with Gasteiger partial charge in [-0.1, -0.05) is 37.6 Å². The zero-order valence-electron chi connectivity index (χ0n) is 11.8.